The lowest BCUT2D eigenvalue weighted by Crippen LogP contribution is -2.50. The van der Waals surface area contributed by atoms with Crippen LogP contribution in [0.4, 0.5) is 0 Å². The summed E-state index contributed by atoms with van der Waals surface area (Å²) in [6, 6.07) is 0. The number of hydrogen-bond acceptors (Lipinski definition) is 4. The topological polar surface area (TPSA) is 64.7 Å². The van der Waals surface area contributed by atoms with Crippen LogP contribution in [0.2, 0.25) is 0 Å². The molecule has 0 aliphatic carbocycles. The first-order valence-corrected chi connectivity index (χ1v) is 7.69. The Morgan fingerprint density at radius 2 is 1.80 bits per heavy atom. The second-order valence-corrected chi connectivity index (χ2v) is 5.58. The summed E-state index contributed by atoms with van der Waals surface area (Å²) in [6.07, 6.45) is 1.58. The molecule has 20 heavy (non-hydrogen) atoms. The van der Waals surface area contributed by atoms with Crippen LogP contribution in [0.15, 0.2) is 0 Å². The summed E-state index contributed by atoms with van der Waals surface area (Å²) in [5.41, 5.74) is 0. The van der Waals surface area contributed by atoms with Crippen molar-refractivity contribution in [2.75, 3.05) is 52.4 Å². The van der Waals surface area contributed by atoms with Crippen LogP contribution in [0.1, 0.15) is 19.8 Å². The molecule has 2 N–H and O–H groups in total. The Bertz CT molecular complexity index is 334. The zero-order chi connectivity index (χ0) is 14.4. The Kier molecular flexibility index (Phi) is 5.79. The van der Waals surface area contributed by atoms with Crippen molar-refractivity contribution in [2.24, 2.45) is 5.92 Å². The van der Waals surface area contributed by atoms with Gasteiger partial charge in [0, 0.05) is 51.7 Å². The van der Waals surface area contributed by atoms with E-state index in [1.54, 1.807) is 0 Å². The maximum absolute atomic E-state index is 12.2. The van der Waals surface area contributed by atoms with Crippen molar-refractivity contribution in [3.05, 3.63) is 0 Å². The van der Waals surface area contributed by atoms with Gasteiger partial charge in [-0.2, -0.15) is 0 Å². The van der Waals surface area contributed by atoms with Gasteiger partial charge < -0.3 is 15.5 Å². The molecule has 114 valence electrons. The van der Waals surface area contributed by atoms with Gasteiger partial charge in [-0.3, -0.25) is 14.5 Å². The number of piperazine rings is 1. The molecule has 6 nitrogen and oxygen atoms in total. The van der Waals surface area contributed by atoms with Gasteiger partial charge in [0.1, 0.15) is 0 Å². The number of amides is 2. The molecule has 2 heterocycles. The zero-order valence-electron chi connectivity index (χ0n) is 12.4. The van der Waals surface area contributed by atoms with E-state index < -0.39 is 0 Å². The average Bonchev–Trinajstić information content (AvgIpc) is 2.48. The second kappa shape index (κ2) is 7.59. The van der Waals surface area contributed by atoms with Gasteiger partial charge in [0.2, 0.25) is 11.8 Å². The summed E-state index contributed by atoms with van der Waals surface area (Å²) in [7, 11) is 0. The van der Waals surface area contributed by atoms with Crippen LogP contribution in [0, 0.1) is 5.92 Å². The summed E-state index contributed by atoms with van der Waals surface area (Å²) in [6.45, 7) is 8.39. The van der Waals surface area contributed by atoms with Crippen LogP contribution >= 0.6 is 0 Å². The van der Waals surface area contributed by atoms with Crippen molar-refractivity contribution >= 4 is 11.8 Å². The van der Waals surface area contributed by atoms with E-state index in [-0.39, 0.29) is 17.7 Å². The maximum atomic E-state index is 12.2. The fourth-order valence-electron chi connectivity index (χ4n) is 2.87. The highest BCUT2D eigenvalue weighted by Gasteiger charge is 2.27. The number of nitrogens with zero attached hydrogens (tertiary/aromatic N) is 2. The first-order chi connectivity index (χ1) is 9.70. The second-order valence-electron chi connectivity index (χ2n) is 5.58. The van der Waals surface area contributed by atoms with E-state index in [9.17, 15) is 9.59 Å². The highest BCUT2D eigenvalue weighted by atomic mass is 16.2. The molecule has 2 aliphatic heterocycles. The third-order valence-electron chi connectivity index (χ3n) is 4.14. The molecular weight excluding hydrogens is 256 g/mol. The Hall–Kier alpha value is -1.14. The lowest BCUT2D eigenvalue weighted by Gasteiger charge is -2.34. The molecule has 0 radical (unpaired) electrons. The van der Waals surface area contributed by atoms with Crippen LogP contribution in [-0.2, 0) is 9.59 Å². The molecule has 0 bridgehead atoms. The number of likely N-dealkylation sites (tertiary alicyclic amines) is 1. The van der Waals surface area contributed by atoms with Crippen LogP contribution in [0.25, 0.3) is 0 Å². The third-order valence-corrected chi connectivity index (χ3v) is 4.14. The molecule has 2 aliphatic rings. The number of piperidine rings is 1. The van der Waals surface area contributed by atoms with E-state index in [1.165, 1.54) is 0 Å². The minimum absolute atomic E-state index is 0.0817. The summed E-state index contributed by atoms with van der Waals surface area (Å²) < 4.78 is 0. The minimum Gasteiger partial charge on any atom is -0.356 e. The van der Waals surface area contributed by atoms with E-state index in [0.717, 1.165) is 39.0 Å². The fourth-order valence-corrected chi connectivity index (χ4v) is 2.87. The van der Waals surface area contributed by atoms with Crippen LogP contribution in [-0.4, -0.2) is 74.0 Å². The molecule has 2 rings (SSSR count). The molecule has 0 aromatic rings. The maximum Gasteiger partial charge on any atom is 0.236 e. The van der Waals surface area contributed by atoms with E-state index in [1.807, 2.05) is 11.8 Å². The summed E-state index contributed by atoms with van der Waals surface area (Å²) in [5, 5.41) is 6.15. The Balaban J connectivity index is 1.72. The molecule has 0 unspecified atom stereocenters. The number of carbonyl (C=O) groups excluding carboxylic acids is 2. The predicted molar refractivity (Wildman–Crippen MR) is 77.3 cm³/mol. The Labute approximate surface area is 120 Å². The molecule has 0 aromatic heterocycles. The molecule has 0 atom stereocenters. The van der Waals surface area contributed by atoms with Crippen molar-refractivity contribution in [3.63, 3.8) is 0 Å². The van der Waals surface area contributed by atoms with Crippen molar-refractivity contribution in [3.8, 4) is 0 Å². The van der Waals surface area contributed by atoms with Gasteiger partial charge in [-0.1, -0.05) is 0 Å². The van der Waals surface area contributed by atoms with Gasteiger partial charge in [-0.05, 0) is 19.8 Å². The normalized spacial score (nSPS) is 21.8. The summed E-state index contributed by atoms with van der Waals surface area (Å²) >= 11 is 0. The highest BCUT2D eigenvalue weighted by Crippen LogP contribution is 2.17. The van der Waals surface area contributed by atoms with E-state index in [4.69, 9.17) is 0 Å². The molecule has 0 spiro atoms. The van der Waals surface area contributed by atoms with Crippen molar-refractivity contribution < 1.29 is 9.59 Å². The predicted octanol–water partition coefficient (Wildman–Crippen LogP) is -0.734. The zero-order valence-corrected chi connectivity index (χ0v) is 12.4. The van der Waals surface area contributed by atoms with Crippen LogP contribution < -0.4 is 10.6 Å². The Morgan fingerprint density at radius 3 is 2.40 bits per heavy atom. The first-order valence-electron chi connectivity index (χ1n) is 7.69. The van der Waals surface area contributed by atoms with Gasteiger partial charge in [-0.15, -0.1) is 0 Å². The molecule has 2 amide bonds. The number of carbonyl (C=O) groups is 2. The van der Waals surface area contributed by atoms with Crippen LogP contribution in [0.3, 0.4) is 0 Å². The van der Waals surface area contributed by atoms with E-state index in [2.05, 4.69) is 15.5 Å². The largest absolute Gasteiger partial charge is 0.356 e. The van der Waals surface area contributed by atoms with Crippen molar-refractivity contribution in [1.29, 1.82) is 0 Å². The van der Waals surface area contributed by atoms with E-state index >= 15 is 0 Å². The number of nitrogens with one attached hydrogen (secondary N) is 2. The molecule has 0 aromatic carbocycles. The van der Waals surface area contributed by atoms with Gasteiger partial charge in [-0.25, -0.2) is 0 Å². The third kappa shape index (κ3) is 4.18. The van der Waals surface area contributed by atoms with Crippen LogP contribution in [0.5, 0.6) is 0 Å². The van der Waals surface area contributed by atoms with Gasteiger partial charge in [0.05, 0.1) is 6.54 Å². The lowest BCUT2D eigenvalue weighted by atomic mass is 9.96. The van der Waals surface area contributed by atoms with Gasteiger partial charge in [0.15, 0.2) is 0 Å². The quantitative estimate of drug-likeness (QED) is 0.713. The first kappa shape index (κ1) is 15.3. The lowest BCUT2D eigenvalue weighted by molar-refractivity contribution is -0.136. The van der Waals surface area contributed by atoms with Crippen molar-refractivity contribution in [2.45, 2.75) is 19.8 Å². The molecular formula is C14H26N4O2. The molecule has 2 fully saturated rings. The van der Waals surface area contributed by atoms with Gasteiger partial charge >= 0.3 is 0 Å². The highest BCUT2D eigenvalue weighted by molar-refractivity contribution is 5.80. The monoisotopic (exact) mass is 282 g/mol. The fraction of sp³-hybridized carbons (Fsp3) is 0.857. The SMILES string of the molecule is CCNC(=O)C1CCN(C(=O)CN2CCNCC2)CC1. The number of hydrogen-bond donors (Lipinski definition) is 2. The van der Waals surface area contributed by atoms with E-state index in [0.29, 0.717) is 26.2 Å². The summed E-state index contributed by atoms with van der Waals surface area (Å²) in [5.74, 6) is 0.432. The Morgan fingerprint density at radius 1 is 1.15 bits per heavy atom. The standard InChI is InChI=1S/C14H26N4O2/c1-2-16-14(20)12-3-7-18(8-4-12)13(19)11-17-9-5-15-6-10-17/h12,15H,2-11H2,1H3,(H,16,20). The summed E-state index contributed by atoms with van der Waals surface area (Å²) in [4.78, 5) is 28.1. The smallest absolute Gasteiger partial charge is 0.236 e. The minimum atomic E-state index is 0.0817. The average molecular weight is 282 g/mol. The molecule has 2 saturated heterocycles. The molecule has 6 heteroatoms. The van der Waals surface area contributed by atoms with Crippen molar-refractivity contribution in [1.82, 2.24) is 20.4 Å². The number of rotatable bonds is 4. The molecule has 0 saturated carbocycles. The van der Waals surface area contributed by atoms with Gasteiger partial charge in [0.25, 0.3) is 0 Å².